The van der Waals surface area contributed by atoms with Crippen LogP contribution in [0.3, 0.4) is 0 Å². The third kappa shape index (κ3) is 6.07. The van der Waals surface area contributed by atoms with Crippen molar-refractivity contribution >= 4 is 51.5 Å². The Bertz CT molecular complexity index is 1610. The number of carbonyl (C=O) groups excluding carboxylic acids is 4. The van der Waals surface area contributed by atoms with E-state index >= 15 is 0 Å². The van der Waals surface area contributed by atoms with Gasteiger partial charge in [-0.2, -0.15) is 13.2 Å². The molecule has 0 aliphatic carbocycles. The first-order valence-electron chi connectivity index (χ1n) is 11.8. The van der Waals surface area contributed by atoms with Crippen LogP contribution in [0.5, 0.6) is 23.0 Å². The first-order chi connectivity index (χ1) is 19.9. The second-order valence-electron chi connectivity index (χ2n) is 8.49. The second-order valence-corrected chi connectivity index (χ2v) is 9.41. The highest BCUT2D eigenvalue weighted by atomic mass is 79.9. The molecule has 0 saturated carbocycles. The number of amides is 4. The Morgan fingerprint density at radius 3 is 2.17 bits per heavy atom. The molecular formula is C28H20BrF3N2O8. The van der Waals surface area contributed by atoms with Crippen LogP contribution in [0.4, 0.5) is 23.7 Å². The zero-order chi connectivity index (χ0) is 30.8. The third-order valence-electron chi connectivity index (χ3n) is 5.91. The maximum atomic E-state index is 13.3. The van der Waals surface area contributed by atoms with Gasteiger partial charge in [0, 0.05) is 10.0 Å². The molecule has 4 amide bonds. The number of hydrogen-bond acceptors (Lipinski definition) is 8. The Morgan fingerprint density at radius 2 is 1.57 bits per heavy atom. The van der Waals surface area contributed by atoms with Gasteiger partial charge < -0.3 is 18.9 Å². The minimum atomic E-state index is -4.74. The molecule has 1 saturated heterocycles. The van der Waals surface area contributed by atoms with E-state index in [9.17, 15) is 32.3 Å². The standard InChI is InChI=1S/C28H20BrF3N2O8/c1-39-21-11-15(12-22(40-2)23(21)41-3)26(37)42-20-8-7-17(29)9-14(20)10-19-24(35)33-27(38)34(25(19)36)18-6-4-5-16(13-18)28(30,31)32/h4-13H,1-3H3,(H,33,35,38)/b19-10-. The first-order valence-corrected chi connectivity index (χ1v) is 12.6. The highest BCUT2D eigenvalue weighted by molar-refractivity contribution is 9.10. The highest BCUT2D eigenvalue weighted by Crippen LogP contribution is 2.39. The number of nitrogens with zero attached hydrogens (tertiary/aromatic N) is 1. The second kappa shape index (κ2) is 11.9. The van der Waals surface area contributed by atoms with Crippen molar-refractivity contribution in [1.82, 2.24) is 5.32 Å². The molecule has 3 aromatic carbocycles. The van der Waals surface area contributed by atoms with Crippen molar-refractivity contribution < 1.29 is 51.3 Å². The molecule has 42 heavy (non-hydrogen) atoms. The predicted octanol–water partition coefficient (Wildman–Crippen LogP) is 5.38. The Labute approximate surface area is 244 Å². The van der Waals surface area contributed by atoms with E-state index in [-0.39, 0.29) is 34.1 Å². The molecule has 1 heterocycles. The van der Waals surface area contributed by atoms with E-state index in [1.807, 2.05) is 5.32 Å². The molecule has 0 aromatic heterocycles. The van der Waals surface area contributed by atoms with E-state index in [4.69, 9.17) is 18.9 Å². The molecule has 0 bridgehead atoms. The maximum absolute atomic E-state index is 13.3. The van der Waals surface area contributed by atoms with Crippen molar-refractivity contribution in [2.24, 2.45) is 0 Å². The molecule has 1 aliphatic heterocycles. The van der Waals surface area contributed by atoms with Crippen LogP contribution in [0, 0.1) is 0 Å². The minimum absolute atomic E-state index is 0.0128. The number of alkyl halides is 3. The van der Waals surface area contributed by atoms with Crippen molar-refractivity contribution in [2.75, 3.05) is 26.2 Å². The number of nitrogens with one attached hydrogen (secondary N) is 1. The molecule has 0 unspecified atom stereocenters. The van der Waals surface area contributed by atoms with E-state index in [0.29, 0.717) is 15.4 Å². The van der Waals surface area contributed by atoms with Gasteiger partial charge in [0.05, 0.1) is 38.1 Å². The van der Waals surface area contributed by atoms with Gasteiger partial charge in [0.2, 0.25) is 5.75 Å². The molecule has 10 nitrogen and oxygen atoms in total. The van der Waals surface area contributed by atoms with Gasteiger partial charge in [0.25, 0.3) is 11.8 Å². The molecule has 1 N–H and O–H groups in total. The van der Waals surface area contributed by atoms with Crippen LogP contribution >= 0.6 is 15.9 Å². The molecule has 0 atom stereocenters. The SMILES string of the molecule is COc1cc(C(=O)Oc2ccc(Br)cc2/C=C2/C(=O)NC(=O)N(c3cccc(C(F)(F)F)c3)C2=O)cc(OC)c1OC. The minimum Gasteiger partial charge on any atom is -0.493 e. The van der Waals surface area contributed by atoms with Gasteiger partial charge in [-0.25, -0.2) is 14.5 Å². The zero-order valence-electron chi connectivity index (χ0n) is 22.0. The third-order valence-corrected chi connectivity index (χ3v) is 6.40. The molecular weight excluding hydrogens is 629 g/mol. The lowest BCUT2D eigenvalue weighted by atomic mass is 10.1. The number of anilines is 1. The fraction of sp³-hybridized carbons (Fsp3) is 0.143. The van der Waals surface area contributed by atoms with Crippen molar-refractivity contribution in [3.05, 3.63) is 81.3 Å². The van der Waals surface area contributed by atoms with E-state index in [0.717, 1.165) is 24.3 Å². The van der Waals surface area contributed by atoms with E-state index in [2.05, 4.69) is 15.9 Å². The van der Waals surface area contributed by atoms with Crippen molar-refractivity contribution in [3.63, 3.8) is 0 Å². The number of esters is 1. The fourth-order valence-electron chi connectivity index (χ4n) is 3.95. The summed E-state index contributed by atoms with van der Waals surface area (Å²) in [7, 11) is 4.13. The Morgan fingerprint density at radius 1 is 0.905 bits per heavy atom. The van der Waals surface area contributed by atoms with Crippen LogP contribution in [0.2, 0.25) is 0 Å². The average Bonchev–Trinajstić information content (AvgIpc) is 2.95. The number of benzene rings is 3. The van der Waals surface area contributed by atoms with Crippen LogP contribution < -0.4 is 29.2 Å². The highest BCUT2D eigenvalue weighted by Gasteiger charge is 2.38. The number of rotatable bonds is 7. The van der Waals surface area contributed by atoms with Crippen LogP contribution in [0.15, 0.2) is 64.6 Å². The molecule has 4 rings (SSSR count). The molecule has 14 heteroatoms. The number of methoxy groups -OCH3 is 3. The summed E-state index contributed by atoms with van der Waals surface area (Å²) in [5, 5.41) is 1.94. The number of urea groups is 1. The van der Waals surface area contributed by atoms with Gasteiger partial charge in [0.15, 0.2) is 11.5 Å². The van der Waals surface area contributed by atoms with Gasteiger partial charge >= 0.3 is 18.2 Å². The number of halogens is 4. The fourth-order valence-corrected chi connectivity index (χ4v) is 4.33. The monoisotopic (exact) mass is 648 g/mol. The summed E-state index contributed by atoms with van der Waals surface area (Å²) in [4.78, 5) is 52.0. The van der Waals surface area contributed by atoms with Gasteiger partial charge in [-0.05, 0) is 54.6 Å². The van der Waals surface area contributed by atoms with Crippen molar-refractivity contribution in [1.29, 1.82) is 0 Å². The smallest absolute Gasteiger partial charge is 0.416 e. The Kier molecular flexibility index (Phi) is 8.56. The summed E-state index contributed by atoms with van der Waals surface area (Å²) in [5.41, 5.74) is -2.04. The van der Waals surface area contributed by atoms with Crippen LogP contribution in [0.25, 0.3) is 6.08 Å². The predicted molar refractivity (Wildman–Crippen MR) is 146 cm³/mol. The van der Waals surface area contributed by atoms with Crippen LogP contribution in [-0.4, -0.2) is 45.1 Å². The Balaban J connectivity index is 1.72. The van der Waals surface area contributed by atoms with Gasteiger partial charge in [-0.15, -0.1) is 0 Å². The molecule has 1 aliphatic rings. The van der Waals surface area contributed by atoms with Gasteiger partial charge in [-0.3, -0.25) is 14.9 Å². The quantitative estimate of drug-likeness (QED) is 0.157. The summed E-state index contributed by atoms with van der Waals surface area (Å²) < 4.78 is 61.5. The number of hydrogen-bond donors (Lipinski definition) is 1. The normalized spacial score (nSPS) is 14.5. The van der Waals surface area contributed by atoms with Crippen LogP contribution in [0.1, 0.15) is 21.5 Å². The summed E-state index contributed by atoms with van der Waals surface area (Å²) in [5.74, 6) is -2.63. The number of carbonyl (C=O) groups is 4. The largest absolute Gasteiger partial charge is 0.493 e. The Hall–Kier alpha value is -4.85. The van der Waals surface area contributed by atoms with Crippen molar-refractivity contribution in [3.8, 4) is 23.0 Å². The van der Waals surface area contributed by atoms with E-state index in [1.165, 1.54) is 51.7 Å². The number of imide groups is 2. The zero-order valence-corrected chi connectivity index (χ0v) is 23.6. The molecule has 3 aromatic rings. The first kappa shape index (κ1) is 30.1. The van der Waals surface area contributed by atoms with Crippen LogP contribution in [-0.2, 0) is 15.8 Å². The van der Waals surface area contributed by atoms with Gasteiger partial charge in [0.1, 0.15) is 11.3 Å². The van der Waals surface area contributed by atoms with E-state index in [1.54, 1.807) is 0 Å². The molecule has 218 valence electrons. The lowest BCUT2D eigenvalue weighted by molar-refractivity contribution is -0.137. The summed E-state index contributed by atoms with van der Waals surface area (Å²) >= 11 is 3.27. The topological polar surface area (TPSA) is 120 Å². The van der Waals surface area contributed by atoms with E-state index < -0.39 is 46.8 Å². The van der Waals surface area contributed by atoms with Crippen molar-refractivity contribution in [2.45, 2.75) is 6.18 Å². The average molecular weight is 649 g/mol. The lowest BCUT2D eigenvalue weighted by Gasteiger charge is -2.27. The maximum Gasteiger partial charge on any atom is 0.416 e. The lowest BCUT2D eigenvalue weighted by Crippen LogP contribution is -2.54. The summed E-state index contributed by atoms with van der Waals surface area (Å²) in [6, 6.07) is 9.34. The molecule has 1 fully saturated rings. The summed E-state index contributed by atoms with van der Waals surface area (Å²) in [6.07, 6.45) is -3.69. The number of barbiturate groups is 1. The molecule has 0 radical (unpaired) electrons. The summed E-state index contributed by atoms with van der Waals surface area (Å²) in [6.45, 7) is 0. The van der Waals surface area contributed by atoms with Gasteiger partial charge in [-0.1, -0.05) is 22.0 Å². The molecule has 0 spiro atoms. The number of ether oxygens (including phenoxy) is 4.